The Labute approximate surface area is 148 Å². The average Bonchev–Trinajstić information content (AvgIpc) is 2.63. The van der Waals surface area contributed by atoms with Gasteiger partial charge >= 0.3 is 6.18 Å². The molecule has 0 atom stereocenters. The third-order valence-electron chi connectivity index (χ3n) is 3.65. The number of nitrogens with one attached hydrogen (secondary N) is 1. The van der Waals surface area contributed by atoms with Gasteiger partial charge in [0.2, 0.25) is 5.95 Å². The second-order valence-electron chi connectivity index (χ2n) is 5.42. The first-order valence-corrected chi connectivity index (χ1v) is 7.94. The summed E-state index contributed by atoms with van der Waals surface area (Å²) in [5.41, 5.74) is 0.424. The molecule has 3 rings (SSSR count). The predicted octanol–water partition coefficient (Wildman–Crippen LogP) is 4.79. The highest BCUT2D eigenvalue weighted by Gasteiger charge is 2.30. The van der Waals surface area contributed by atoms with Gasteiger partial charge in [0, 0.05) is 17.9 Å². The van der Waals surface area contributed by atoms with Gasteiger partial charge < -0.3 is 10.2 Å². The van der Waals surface area contributed by atoms with Gasteiger partial charge in [-0.25, -0.2) is 0 Å². The second kappa shape index (κ2) is 7.38. The van der Waals surface area contributed by atoms with Crippen molar-refractivity contribution in [2.75, 3.05) is 16.8 Å². The van der Waals surface area contributed by atoms with Gasteiger partial charge in [-0.2, -0.15) is 23.3 Å². The quantitative estimate of drug-likeness (QED) is 0.710. The second-order valence-corrected chi connectivity index (χ2v) is 5.42. The number of anilines is 4. The Hall–Kier alpha value is -3.16. The van der Waals surface area contributed by atoms with Gasteiger partial charge in [0.05, 0.1) is 11.8 Å². The van der Waals surface area contributed by atoms with Crippen LogP contribution in [0.5, 0.6) is 0 Å². The number of alkyl halides is 3. The van der Waals surface area contributed by atoms with Crippen LogP contribution >= 0.6 is 0 Å². The van der Waals surface area contributed by atoms with Gasteiger partial charge in [-0.1, -0.05) is 24.3 Å². The zero-order chi connectivity index (χ0) is 18.6. The lowest BCUT2D eigenvalue weighted by Crippen LogP contribution is -2.18. The third kappa shape index (κ3) is 4.08. The molecule has 0 aliphatic carbocycles. The molecule has 3 aromatic rings. The number of para-hydroxylation sites is 1. The first-order valence-electron chi connectivity index (χ1n) is 7.94. The lowest BCUT2D eigenvalue weighted by Gasteiger charge is -2.21. The van der Waals surface area contributed by atoms with E-state index in [1.54, 1.807) is 0 Å². The third-order valence-corrected chi connectivity index (χ3v) is 3.65. The molecule has 26 heavy (non-hydrogen) atoms. The fourth-order valence-corrected chi connectivity index (χ4v) is 2.47. The van der Waals surface area contributed by atoms with E-state index in [2.05, 4.69) is 20.5 Å². The SMILES string of the molecule is CCN(c1ccccc1)c1cnnc(Nc2cccc(C(F)(F)F)c2)n1. The summed E-state index contributed by atoms with van der Waals surface area (Å²) in [5, 5.41) is 10.5. The van der Waals surface area contributed by atoms with Gasteiger partial charge in [0.1, 0.15) is 0 Å². The molecule has 0 fully saturated rings. The van der Waals surface area contributed by atoms with E-state index >= 15 is 0 Å². The van der Waals surface area contributed by atoms with Crippen molar-refractivity contribution in [3.05, 3.63) is 66.4 Å². The normalized spacial score (nSPS) is 11.2. The molecule has 1 aromatic heterocycles. The number of hydrogen-bond acceptors (Lipinski definition) is 5. The molecular formula is C18H16F3N5. The van der Waals surface area contributed by atoms with Crippen molar-refractivity contribution < 1.29 is 13.2 Å². The smallest absolute Gasteiger partial charge is 0.325 e. The highest BCUT2D eigenvalue weighted by atomic mass is 19.4. The molecule has 0 bridgehead atoms. The monoisotopic (exact) mass is 359 g/mol. The lowest BCUT2D eigenvalue weighted by molar-refractivity contribution is -0.137. The standard InChI is InChI=1S/C18H16F3N5/c1-2-26(15-9-4-3-5-10-15)16-12-22-25-17(24-16)23-14-8-6-7-13(11-14)18(19,20)21/h3-12H,2H2,1H3,(H,23,24,25). The minimum atomic E-state index is -4.41. The molecule has 0 aliphatic heterocycles. The number of halogens is 3. The zero-order valence-corrected chi connectivity index (χ0v) is 13.9. The van der Waals surface area contributed by atoms with Crippen molar-refractivity contribution in [3.63, 3.8) is 0 Å². The van der Waals surface area contributed by atoms with Crippen LogP contribution in [-0.2, 0) is 6.18 Å². The summed E-state index contributed by atoms with van der Waals surface area (Å²) in [6.07, 6.45) is -2.90. The first kappa shape index (κ1) is 17.7. The first-order chi connectivity index (χ1) is 12.5. The fourth-order valence-electron chi connectivity index (χ4n) is 2.47. The van der Waals surface area contributed by atoms with Crippen LogP contribution in [0.2, 0.25) is 0 Å². The molecule has 0 amide bonds. The summed E-state index contributed by atoms with van der Waals surface area (Å²) < 4.78 is 38.5. The molecule has 134 valence electrons. The van der Waals surface area contributed by atoms with E-state index in [1.165, 1.54) is 18.3 Å². The van der Waals surface area contributed by atoms with E-state index in [0.29, 0.717) is 12.4 Å². The number of hydrogen-bond donors (Lipinski definition) is 1. The summed E-state index contributed by atoms with van der Waals surface area (Å²) >= 11 is 0. The van der Waals surface area contributed by atoms with Crippen molar-refractivity contribution in [2.24, 2.45) is 0 Å². The van der Waals surface area contributed by atoms with E-state index in [-0.39, 0.29) is 11.6 Å². The fraction of sp³-hybridized carbons (Fsp3) is 0.167. The molecule has 0 unspecified atom stereocenters. The van der Waals surface area contributed by atoms with Crippen LogP contribution < -0.4 is 10.2 Å². The highest BCUT2D eigenvalue weighted by molar-refractivity contribution is 5.61. The molecule has 5 nitrogen and oxygen atoms in total. The number of nitrogens with zero attached hydrogens (tertiary/aromatic N) is 4. The summed E-state index contributed by atoms with van der Waals surface area (Å²) in [6, 6.07) is 14.5. The van der Waals surface area contributed by atoms with E-state index < -0.39 is 11.7 Å². The Morgan fingerprint density at radius 1 is 1.04 bits per heavy atom. The Kier molecular flexibility index (Phi) is 5.01. The molecule has 8 heteroatoms. The number of aromatic nitrogens is 3. The molecule has 0 radical (unpaired) electrons. The summed E-state index contributed by atoms with van der Waals surface area (Å²) in [5.74, 6) is 0.666. The Balaban J connectivity index is 1.86. The van der Waals surface area contributed by atoms with E-state index in [4.69, 9.17) is 0 Å². The summed E-state index contributed by atoms with van der Waals surface area (Å²) in [7, 11) is 0. The van der Waals surface area contributed by atoms with Crippen molar-refractivity contribution >= 4 is 23.1 Å². The van der Waals surface area contributed by atoms with Crippen LogP contribution in [-0.4, -0.2) is 21.7 Å². The van der Waals surface area contributed by atoms with E-state index in [0.717, 1.165) is 17.8 Å². The Morgan fingerprint density at radius 2 is 1.81 bits per heavy atom. The van der Waals surface area contributed by atoms with Crippen molar-refractivity contribution in [1.29, 1.82) is 0 Å². The van der Waals surface area contributed by atoms with E-state index in [1.807, 2.05) is 42.2 Å². The van der Waals surface area contributed by atoms with Gasteiger partial charge in [0.25, 0.3) is 0 Å². The minimum absolute atomic E-state index is 0.121. The van der Waals surface area contributed by atoms with Crippen molar-refractivity contribution in [1.82, 2.24) is 15.2 Å². The van der Waals surface area contributed by atoms with Gasteiger partial charge in [-0.05, 0) is 37.3 Å². The molecular weight excluding hydrogens is 343 g/mol. The maximum Gasteiger partial charge on any atom is 0.416 e. The summed E-state index contributed by atoms with van der Waals surface area (Å²) in [4.78, 5) is 6.29. The average molecular weight is 359 g/mol. The predicted molar refractivity (Wildman–Crippen MR) is 93.7 cm³/mol. The van der Waals surface area contributed by atoms with Crippen LogP contribution in [0.25, 0.3) is 0 Å². The summed E-state index contributed by atoms with van der Waals surface area (Å²) in [6.45, 7) is 2.61. The molecule has 1 heterocycles. The molecule has 0 aliphatic rings. The van der Waals surface area contributed by atoms with Gasteiger partial charge in [-0.3, -0.25) is 0 Å². The van der Waals surface area contributed by atoms with Gasteiger partial charge in [0.15, 0.2) is 5.82 Å². The Bertz CT molecular complexity index is 868. The highest BCUT2D eigenvalue weighted by Crippen LogP contribution is 2.31. The number of rotatable bonds is 5. The van der Waals surface area contributed by atoms with Crippen LogP contribution in [0.4, 0.5) is 36.3 Å². The van der Waals surface area contributed by atoms with Crippen LogP contribution in [0.15, 0.2) is 60.8 Å². The maximum atomic E-state index is 12.8. The Morgan fingerprint density at radius 3 is 2.50 bits per heavy atom. The maximum absolute atomic E-state index is 12.8. The van der Waals surface area contributed by atoms with Crippen molar-refractivity contribution in [2.45, 2.75) is 13.1 Å². The molecule has 0 spiro atoms. The van der Waals surface area contributed by atoms with E-state index in [9.17, 15) is 13.2 Å². The number of benzene rings is 2. The van der Waals surface area contributed by atoms with Crippen LogP contribution in [0.1, 0.15) is 12.5 Å². The molecule has 1 N–H and O–H groups in total. The van der Waals surface area contributed by atoms with Gasteiger partial charge in [-0.15, -0.1) is 5.10 Å². The largest absolute Gasteiger partial charge is 0.416 e. The topological polar surface area (TPSA) is 53.9 Å². The molecule has 0 saturated heterocycles. The lowest BCUT2D eigenvalue weighted by atomic mass is 10.2. The molecule has 2 aromatic carbocycles. The van der Waals surface area contributed by atoms with Crippen LogP contribution in [0, 0.1) is 0 Å². The zero-order valence-electron chi connectivity index (χ0n) is 13.9. The minimum Gasteiger partial charge on any atom is -0.325 e. The van der Waals surface area contributed by atoms with Crippen LogP contribution in [0.3, 0.4) is 0 Å². The van der Waals surface area contributed by atoms with Crippen molar-refractivity contribution in [3.8, 4) is 0 Å². The molecule has 0 saturated carbocycles.